The molecule has 0 saturated carbocycles. The van der Waals surface area contributed by atoms with Gasteiger partial charge in [0, 0.05) is 6.42 Å². The van der Waals surface area contributed by atoms with Gasteiger partial charge in [0.2, 0.25) is 0 Å². The Morgan fingerprint density at radius 1 is 1.38 bits per heavy atom. The molecule has 3 nitrogen and oxygen atoms in total. The van der Waals surface area contributed by atoms with Crippen molar-refractivity contribution in [3.63, 3.8) is 0 Å². The third kappa shape index (κ3) is 4.93. The zero-order valence-electron chi connectivity index (χ0n) is 8.08. The Hall–Kier alpha value is -0.510. The van der Waals surface area contributed by atoms with Crippen molar-refractivity contribution in [2.24, 2.45) is 0 Å². The first kappa shape index (κ1) is 12.5. The van der Waals surface area contributed by atoms with E-state index in [2.05, 4.69) is 12.6 Å². The number of hydrogen-bond acceptors (Lipinski definition) is 4. The Morgan fingerprint density at radius 3 is 2.46 bits per heavy atom. The molecule has 0 aliphatic heterocycles. The maximum Gasteiger partial charge on any atom is 0.326 e. The van der Waals surface area contributed by atoms with Crippen LogP contribution >= 0.6 is 12.6 Å². The van der Waals surface area contributed by atoms with Gasteiger partial charge in [-0.1, -0.05) is 20.3 Å². The number of ketones is 1. The quantitative estimate of drug-likeness (QED) is 0.309. The Balaban J connectivity index is 3.76. The SMILES string of the molecule is CCCCOC(=O)C(S)C(=O)CC. The number of unbranched alkanes of at least 4 members (excludes halogenated alkanes) is 1. The third-order valence-corrected chi connectivity index (χ3v) is 2.12. The molecule has 0 radical (unpaired) electrons. The van der Waals surface area contributed by atoms with E-state index < -0.39 is 11.2 Å². The minimum atomic E-state index is -0.901. The number of thiol groups is 1. The van der Waals surface area contributed by atoms with Crippen molar-refractivity contribution in [1.29, 1.82) is 0 Å². The number of carbonyl (C=O) groups excluding carboxylic acids is 2. The van der Waals surface area contributed by atoms with E-state index >= 15 is 0 Å². The highest BCUT2D eigenvalue weighted by molar-refractivity contribution is 7.82. The number of ether oxygens (including phenoxy) is 1. The molecule has 0 spiro atoms. The summed E-state index contributed by atoms with van der Waals surface area (Å²) in [6, 6.07) is 0. The van der Waals surface area contributed by atoms with Crippen LogP contribution in [0.4, 0.5) is 0 Å². The summed E-state index contributed by atoms with van der Waals surface area (Å²) in [5.41, 5.74) is 0. The highest BCUT2D eigenvalue weighted by Gasteiger charge is 2.21. The number of esters is 1. The van der Waals surface area contributed by atoms with E-state index in [1.807, 2.05) is 6.92 Å². The first-order valence-electron chi connectivity index (χ1n) is 4.50. The van der Waals surface area contributed by atoms with E-state index in [0.717, 1.165) is 12.8 Å². The minimum Gasteiger partial charge on any atom is -0.465 e. The first-order chi connectivity index (χ1) is 6.13. The smallest absolute Gasteiger partial charge is 0.326 e. The van der Waals surface area contributed by atoms with Crippen LogP contribution in [0, 0.1) is 0 Å². The van der Waals surface area contributed by atoms with Crippen LogP contribution < -0.4 is 0 Å². The molecule has 0 saturated heterocycles. The van der Waals surface area contributed by atoms with Gasteiger partial charge in [0.1, 0.15) is 0 Å². The molecular formula is C9H16O3S. The lowest BCUT2D eigenvalue weighted by Gasteiger charge is -2.08. The highest BCUT2D eigenvalue weighted by atomic mass is 32.1. The molecule has 0 bridgehead atoms. The van der Waals surface area contributed by atoms with E-state index in [9.17, 15) is 9.59 Å². The van der Waals surface area contributed by atoms with E-state index in [4.69, 9.17) is 4.74 Å². The van der Waals surface area contributed by atoms with E-state index in [1.54, 1.807) is 6.92 Å². The lowest BCUT2D eigenvalue weighted by molar-refractivity contribution is -0.145. The van der Waals surface area contributed by atoms with Crippen LogP contribution in [-0.4, -0.2) is 23.6 Å². The summed E-state index contributed by atoms with van der Waals surface area (Å²) in [4.78, 5) is 22.1. The summed E-state index contributed by atoms with van der Waals surface area (Å²) in [5.74, 6) is -0.714. The maximum atomic E-state index is 11.1. The third-order valence-electron chi connectivity index (χ3n) is 1.62. The van der Waals surface area contributed by atoms with Gasteiger partial charge in [-0.15, -0.1) is 0 Å². The Bertz CT molecular complexity index is 180. The molecule has 0 amide bonds. The molecule has 0 aliphatic carbocycles. The van der Waals surface area contributed by atoms with Gasteiger partial charge in [-0.2, -0.15) is 12.6 Å². The fourth-order valence-corrected chi connectivity index (χ4v) is 0.978. The summed E-state index contributed by atoms with van der Waals surface area (Å²) < 4.78 is 4.83. The summed E-state index contributed by atoms with van der Waals surface area (Å²) in [6.45, 7) is 4.08. The van der Waals surface area contributed by atoms with Crippen molar-refractivity contribution < 1.29 is 14.3 Å². The van der Waals surface area contributed by atoms with Gasteiger partial charge in [-0.25, -0.2) is 0 Å². The van der Waals surface area contributed by atoms with Crippen LogP contribution in [0.3, 0.4) is 0 Å². The fraction of sp³-hybridized carbons (Fsp3) is 0.778. The van der Waals surface area contributed by atoms with Crippen LogP contribution in [-0.2, 0) is 14.3 Å². The average Bonchev–Trinajstić information content (AvgIpc) is 2.15. The zero-order chi connectivity index (χ0) is 10.3. The van der Waals surface area contributed by atoms with E-state index in [0.29, 0.717) is 13.0 Å². The Kier molecular flexibility index (Phi) is 6.68. The van der Waals surface area contributed by atoms with Gasteiger partial charge in [-0.3, -0.25) is 9.59 Å². The standard InChI is InChI=1S/C9H16O3S/c1-3-5-6-12-9(11)8(13)7(10)4-2/h8,13H,3-6H2,1-2H3. The van der Waals surface area contributed by atoms with Crippen molar-refractivity contribution in [3.8, 4) is 0 Å². The lowest BCUT2D eigenvalue weighted by atomic mass is 10.2. The van der Waals surface area contributed by atoms with E-state index in [1.165, 1.54) is 0 Å². The number of carbonyl (C=O) groups is 2. The molecule has 0 aromatic carbocycles. The van der Waals surface area contributed by atoms with Gasteiger partial charge < -0.3 is 4.74 Å². The molecule has 0 heterocycles. The van der Waals surface area contributed by atoms with Crippen LogP contribution in [0.5, 0.6) is 0 Å². The predicted molar refractivity (Wildman–Crippen MR) is 53.9 cm³/mol. The van der Waals surface area contributed by atoms with Crippen LogP contribution in [0.2, 0.25) is 0 Å². The summed E-state index contributed by atoms with van der Waals surface area (Å²) >= 11 is 3.88. The fourth-order valence-electron chi connectivity index (χ4n) is 0.721. The molecule has 13 heavy (non-hydrogen) atoms. The Morgan fingerprint density at radius 2 is 2.00 bits per heavy atom. The highest BCUT2D eigenvalue weighted by Crippen LogP contribution is 2.03. The monoisotopic (exact) mass is 204 g/mol. The van der Waals surface area contributed by atoms with Gasteiger partial charge in [-0.05, 0) is 6.42 Å². The number of hydrogen-bond donors (Lipinski definition) is 1. The number of Topliss-reactive ketones (excluding diaryl/α,β-unsaturated/α-hetero) is 1. The molecule has 0 aromatic heterocycles. The maximum absolute atomic E-state index is 11.1. The van der Waals surface area contributed by atoms with Gasteiger partial charge in [0.15, 0.2) is 11.0 Å². The molecule has 4 heteroatoms. The van der Waals surface area contributed by atoms with Crippen molar-refractivity contribution in [3.05, 3.63) is 0 Å². The van der Waals surface area contributed by atoms with Crippen LogP contribution in [0.1, 0.15) is 33.1 Å². The minimum absolute atomic E-state index is 0.190. The Labute approximate surface area is 84.3 Å². The molecule has 76 valence electrons. The second-order valence-corrected chi connectivity index (χ2v) is 3.26. The van der Waals surface area contributed by atoms with Crippen molar-refractivity contribution >= 4 is 24.4 Å². The predicted octanol–water partition coefficient (Wildman–Crippen LogP) is 1.61. The van der Waals surface area contributed by atoms with Crippen molar-refractivity contribution in [2.75, 3.05) is 6.61 Å². The van der Waals surface area contributed by atoms with Gasteiger partial charge in [0.05, 0.1) is 6.61 Å². The zero-order valence-corrected chi connectivity index (χ0v) is 8.97. The molecular weight excluding hydrogens is 188 g/mol. The largest absolute Gasteiger partial charge is 0.465 e. The molecule has 0 rings (SSSR count). The molecule has 0 fully saturated rings. The normalized spacial score (nSPS) is 12.2. The molecule has 1 unspecified atom stereocenters. The molecule has 0 aliphatic rings. The molecule has 0 N–H and O–H groups in total. The van der Waals surface area contributed by atoms with Crippen LogP contribution in [0.25, 0.3) is 0 Å². The lowest BCUT2D eigenvalue weighted by Crippen LogP contribution is -2.26. The van der Waals surface area contributed by atoms with Gasteiger partial charge in [0.25, 0.3) is 0 Å². The average molecular weight is 204 g/mol. The topological polar surface area (TPSA) is 43.4 Å². The second-order valence-electron chi connectivity index (χ2n) is 2.74. The van der Waals surface area contributed by atoms with Crippen molar-refractivity contribution in [2.45, 2.75) is 38.4 Å². The van der Waals surface area contributed by atoms with Gasteiger partial charge >= 0.3 is 5.97 Å². The van der Waals surface area contributed by atoms with Crippen molar-refractivity contribution in [1.82, 2.24) is 0 Å². The molecule has 0 aromatic rings. The number of rotatable bonds is 6. The summed E-state index contributed by atoms with van der Waals surface area (Å²) in [7, 11) is 0. The second kappa shape index (κ2) is 6.95. The van der Waals surface area contributed by atoms with E-state index in [-0.39, 0.29) is 5.78 Å². The van der Waals surface area contributed by atoms with Crippen LogP contribution in [0.15, 0.2) is 0 Å². The summed E-state index contributed by atoms with van der Waals surface area (Å²) in [5, 5.41) is -0.901. The molecule has 1 atom stereocenters. The first-order valence-corrected chi connectivity index (χ1v) is 5.02. The summed E-state index contributed by atoms with van der Waals surface area (Å²) in [6.07, 6.45) is 2.11.